The summed E-state index contributed by atoms with van der Waals surface area (Å²) >= 11 is 0. The first-order valence-electron chi connectivity index (χ1n) is 13.9. The molecule has 0 spiro atoms. The van der Waals surface area contributed by atoms with Crippen LogP contribution in [0.25, 0.3) is 10.9 Å². The maximum absolute atomic E-state index is 12.1. The van der Waals surface area contributed by atoms with Crippen molar-refractivity contribution in [2.45, 2.75) is 71.1 Å². The highest BCUT2D eigenvalue weighted by Gasteiger charge is 2.24. The maximum atomic E-state index is 12.1. The van der Waals surface area contributed by atoms with E-state index in [9.17, 15) is 9.90 Å². The minimum atomic E-state index is -0.707. The molecule has 1 aromatic heterocycles. The van der Waals surface area contributed by atoms with E-state index in [4.69, 9.17) is 4.74 Å². The normalized spacial score (nSPS) is 14.1. The van der Waals surface area contributed by atoms with Gasteiger partial charge in [0.2, 0.25) is 5.56 Å². The van der Waals surface area contributed by atoms with Gasteiger partial charge in [0, 0.05) is 24.0 Å². The Morgan fingerprint density at radius 3 is 2.29 bits per heavy atom. The predicted octanol–water partition coefficient (Wildman–Crippen LogP) is 5.80. The summed E-state index contributed by atoms with van der Waals surface area (Å²) in [4.78, 5) is 15.1. The van der Waals surface area contributed by atoms with Crippen LogP contribution in [-0.2, 0) is 32.3 Å². The van der Waals surface area contributed by atoms with Gasteiger partial charge >= 0.3 is 0 Å². The number of fused-ring (bicyclic) bond motifs is 2. The van der Waals surface area contributed by atoms with E-state index >= 15 is 0 Å². The number of pyridine rings is 1. The first-order valence-corrected chi connectivity index (χ1v) is 13.9. The lowest BCUT2D eigenvalue weighted by molar-refractivity contribution is 0.171. The van der Waals surface area contributed by atoms with Gasteiger partial charge in [-0.15, -0.1) is 0 Å². The third-order valence-electron chi connectivity index (χ3n) is 7.58. The molecule has 0 radical (unpaired) electrons. The van der Waals surface area contributed by atoms with Crippen LogP contribution in [0.3, 0.4) is 0 Å². The van der Waals surface area contributed by atoms with Crippen molar-refractivity contribution in [1.29, 1.82) is 0 Å². The predicted molar refractivity (Wildman–Crippen MR) is 154 cm³/mol. The van der Waals surface area contributed by atoms with Gasteiger partial charge < -0.3 is 20.1 Å². The van der Waals surface area contributed by atoms with Crippen molar-refractivity contribution in [2.24, 2.45) is 0 Å². The van der Waals surface area contributed by atoms with E-state index in [2.05, 4.69) is 36.3 Å². The smallest absolute Gasteiger partial charge is 0.248 e. The average Bonchev–Trinajstić information content (AvgIpc) is 3.33. The fraction of sp³-hybridized carbons (Fsp3) is 0.364. The van der Waals surface area contributed by atoms with Crippen LogP contribution in [-0.4, -0.2) is 22.7 Å². The van der Waals surface area contributed by atoms with Gasteiger partial charge in [0.25, 0.3) is 0 Å². The van der Waals surface area contributed by atoms with Crippen LogP contribution < -0.4 is 15.6 Å². The van der Waals surface area contributed by atoms with Crippen LogP contribution >= 0.6 is 0 Å². The molecule has 5 heteroatoms. The molecule has 0 saturated carbocycles. The average molecular weight is 511 g/mol. The van der Waals surface area contributed by atoms with E-state index < -0.39 is 6.10 Å². The Bertz CT molecular complexity index is 1410. The quantitative estimate of drug-likeness (QED) is 0.238. The molecule has 0 aliphatic heterocycles. The minimum absolute atomic E-state index is 0.194. The van der Waals surface area contributed by atoms with Gasteiger partial charge in [-0.25, -0.2) is 0 Å². The molecule has 0 fully saturated rings. The second kappa shape index (κ2) is 12.0. The molecule has 0 amide bonds. The van der Waals surface area contributed by atoms with Gasteiger partial charge in [-0.05, 0) is 71.2 Å². The Balaban J connectivity index is 1.29. The number of aliphatic hydroxyl groups excluding tert-OH is 1. The monoisotopic (exact) mass is 510 g/mol. The van der Waals surface area contributed by atoms with Gasteiger partial charge in [-0.3, -0.25) is 4.79 Å². The summed E-state index contributed by atoms with van der Waals surface area (Å²) in [5, 5.41) is 15.6. The van der Waals surface area contributed by atoms with E-state index in [1.54, 1.807) is 6.07 Å². The van der Waals surface area contributed by atoms with Crippen molar-refractivity contribution in [3.63, 3.8) is 0 Å². The third-order valence-corrected chi connectivity index (χ3v) is 7.58. The lowest BCUT2D eigenvalue weighted by atomic mass is 9.94. The van der Waals surface area contributed by atoms with Crippen LogP contribution in [0.1, 0.15) is 66.2 Å². The number of rotatable bonds is 11. The number of nitrogens with one attached hydrogen (secondary N) is 2. The first-order chi connectivity index (χ1) is 18.6. The fourth-order valence-electron chi connectivity index (χ4n) is 5.71. The molecular formula is C33H38N2O3. The Morgan fingerprint density at radius 1 is 0.947 bits per heavy atom. The standard InChI is InChI=1S/C33H38N2O3/c1-3-8-23-16-25-18-27(19-26(25)17-24(23)9-4-2)34-20-30(36)28-12-14-31(33-29(28)13-15-32(37)35-33)38-21-22-10-6-5-7-11-22/h5-7,10-17,27,30,34,36H,3-4,8-9,18-21H2,1-2H3,(H,35,37)/t30-/m0/s1. The maximum Gasteiger partial charge on any atom is 0.248 e. The SMILES string of the molecule is CCCc1cc2c(cc1CCC)CC(NC[C@H](O)c1ccc(OCc3ccccc3)c3[nH]c(=O)ccc13)C2. The van der Waals surface area contributed by atoms with Gasteiger partial charge in [0.05, 0.1) is 11.6 Å². The molecule has 1 atom stereocenters. The van der Waals surface area contributed by atoms with Crippen LogP contribution in [0.2, 0.25) is 0 Å². The molecule has 1 aliphatic rings. The highest BCUT2D eigenvalue weighted by molar-refractivity contribution is 5.87. The molecule has 5 rings (SSSR count). The van der Waals surface area contributed by atoms with Crippen molar-refractivity contribution in [2.75, 3.05) is 6.54 Å². The summed E-state index contributed by atoms with van der Waals surface area (Å²) in [6, 6.07) is 22.1. The van der Waals surface area contributed by atoms with E-state index in [1.807, 2.05) is 42.5 Å². The van der Waals surface area contributed by atoms with Gasteiger partial charge in [0.15, 0.2) is 0 Å². The molecular weight excluding hydrogens is 472 g/mol. The number of hydrogen-bond donors (Lipinski definition) is 3. The van der Waals surface area contributed by atoms with E-state index in [0.717, 1.165) is 42.2 Å². The number of hydrogen-bond acceptors (Lipinski definition) is 4. The summed E-state index contributed by atoms with van der Waals surface area (Å²) in [7, 11) is 0. The molecule has 1 heterocycles. The first kappa shape index (κ1) is 26.2. The Labute approximate surface area is 224 Å². The molecule has 3 aromatic carbocycles. The second-order valence-electron chi connectivity index (χ2n) is 10.5. The third kappa shape index (κ3) is 5.85. The molecule has 0 bridgehead atoms. The van der Waals surface area contributed by atoms with Crippen LogP contribution in [0.5, 0.6) is 5.75 Å². The molecule has 3 N–H and O–H groups in total. The summed E-state index contributed by atoms with van der Waals surface area (Å²) < 4.78 is 6.06. The molecule has 1 aliphatic carbocycles. The zero-order valence-electron chi connectivity index (χ0n) is 22.4. The number of ether oxygens (including phenoxy) is 1. The van der Waals surface area contributed by atoms with Crippen molar-refractivity contribution in [3.05, 3.63) is 110 Å². The van der Waals surface area contributed by atoms with Gasteiger partial charge in [-0.2, -0.15) is 0 Å². The van der Waals surface area contributed by atoms with Crippen molar-refractivity contribution in [1.82, 2.24) is 10.3 Å². The van der Waals surface area contributed by atoms with E-state index in [1.165, 1.54) is 41.2 Å². The number of benzene rings is 3. The highest BCUT2D eigenvalue weighted by Crippen LogP contribution is 2.31. The largest absolute Gasteiger partial charge is 0.487 e. The lowest BCUT2D eigenvalue weighted by Crippen LogP contribution is -2.33. The number of aryl methyl sites for hydroxylation is 2. The number of aliphatic hydroxyl groups is 1. The van der Waals surface area contributed by atoms with Crippen LogP contribution in [0.4, 0.5) is 0 Å². The molecule has 198 valence electrons. The fourth-order valence-corrected chi connectivity index (χ4v) is 5.71. The molecule has 0 saturated heterocycles. The highest BCUT2D eigenvalue weighted by atomic mass is 16.5. The Morgan fingerprint density at radius 2 is 1.63 bits per heavy atom. The zero-order valence-corrected chi connectivity index (χ0v) is 22.4. The molecule has 5 nitrogen and oxygen atoms in total. The number of aromatic amines is 1. The molecule has 4 aromatic rings. The lowest BCUT2D eigenvalue weighted by Gasteiger charge is -2.19. The van der Waals surface area contributed by atoms with E-state index in [-0.39, 0.29) is 5.56 Å². The van der Waals surface area contributed by atoms with Crippen LogP contribution in [0, 0.1) is 0 Å². The Hall–Kier alpha value is -3.41. The number of aromatic nitrogens is 1. The summed E-state index contributed by atoms with van der Waals surface area (Å²) in [6.07, 6.45) is 5.88. The topological polar surface area (TPSA) is 74.3 Å². The van der Waals surface area contributed by atoms with Crippen molar-refractivity contribution in [3.8, 4) is 5.75 Å². The van der Waals surface area contributed by atoms with Crippen LogP contribution in [0.15, 0.2) is 71.5 Å². The minimum Gasteiger partial charge on any atom is -0.487 e. The summed E-state index contributed by atoms with van der Waals surface area (Å²) in [6.45, 7) is 5.34. The number of H-pyrrole nitrogens is 1. The van der Waals surface area contributed by atoms with Crippen molar-refractivity contribution >= 4 is 10.9 Å². The summed E-state index contributed by atoms with van der Waals surface area (Å²) in [5.74, 6) is 0.600. The van der Waals surface area contributed by atoms with E-state index in [0.29, 0.717) is 30.5 Å². The zero-order chi connectivity index (χ0) is 26.5. The summed E-state index contributed by atoms with van der Waals surface area (Å²) in [5.41, 5.74) is 8.15. The Kier molecular flexibility index (Phi) is 8.26. The molecule has 38 heavy (non-hydrogen) atoms. The molecule has 0 unspecified atom stereocenters. The second-order valence-corrected chi connectivity index (χ2v) is 10.5. The van der Waals surface area contributed by atoms with Gasteiger partial charge in [-0.1, -0.05) is 75.2 Å². The van der Waals surface area contributed by atoms with Gasteiger partial charge in [0.1, 0.15) is 12.4 Å². The van der Waals surface area contributed by atoms with Crippen molar-refractivity contribution < 1.29 is 9.84 Å².